The van der Waals surface area contributed by atoms with Gasteiger partial charge in [0.05, 0.1) is 11.1 Å². The fraction of sp³-hybridized carbons (Fsp3) is 0.415. The first kappa shape index (κ1) is 80.7. The molecule has 0 heterocycles. The fourth-order valence-electron chi connectivity index (χ4n) is 18.1. The van der Waals surface area contributed by atoms with Gasteiger partial charge >= 0.3 is 11.9 Å². The van der Waals surface area contributed by atoms with Crippen LogP contribution in [0.2, 0.25) is 0 Å². The largest absolute Gasteiger partial charge is 0.423 e. The van der Waals surface area contributed by atoms with Crippen molar-refractivity contribution in [3.8, 4) is 89.4 Å². The lowest BCUT2D eigenvalue weighted by Crippen LogP contribution is -2.26. The molecule has 0 radical (unpaired) electrons. The molecule has 2 aliphatic carbocycles. The molecule has 0 amide bonds. The van der Waals surface area contributed by atoms with Gasteiger partial charge in [0.15, 0.2) is 0 Å². The molecule has 0 atom stereocenters. The molecule has 110 heavy (non-hydrogen) atoms. The molecule has 4 heteroatoms. The summed E-state index contributed by atoms with van der Waals surface area (Å²) < 4.78 is 12.2. The Morgan fingerprint density at radius 1 is 0.227 bits per heavy atom. The number of rotatable bonds is 45. The van der Waals surface area contributed by atoms with Crippen molar-refractivity contribution in [3.63, 3.8) is 0 Å². The van der Waals surface area contributed by atoms with E-state index >= 15 is 0 Å². The number of fused-ring (bicyclic) bond motifs is 6. The third-order valence-corrected chi connectivity index (χ3v) is 24.6. The number of carbonyl (C=O) groups excluding carboxylic acids is 2. The highest BCUT2D eigenvalue weighted by molar-refractivity contribution is 5.94. The molecule has 0 saturated heterocycles. The van der Waals surface area contributed by atoms with Gasteiger partial charge in [0.25, 0.3) is 0 Å². The van der Waals surface area contributed by atoms with E-state index in [1.165, 1.54) is 271 Å². The Labute approximate surface area is 662 Å². The van der Waals surface area contributed by atoms with Gasteiger partial charge in [0, 0.05) is 10.8 Å². The van der Waals surface area contributed by atoms with Crippen molar-refractivity contribution in [2.45, 2.75) is 284 Å². The Hall–Kier alpha value is -8.86. The molecule has 2 aliphatic rings. The van der Waals surface area contributed by atoms with Gasteiger partial charge in [-0.25, -0.2) is 9.59 Å². The zero-order valence-electron chi connectivity index (χ0n) is 67.9. The first-order valence-electron chi connectivity index (χ1n) is 43.7. The van der Waals surface area contributed by atoms with Crippen molar-refractivity contribution in [2.24, 2.45) is 0 Å². The standard InChI is InChI=1S/C106H126O4/c1-7-13-19-23-27-33-71-105(72-34-28-24-20-14-8-2)99-75-89(85-55-63-93(64-56-85)109-103(107)87-51-47-83(48-52-87)81-43-39-79(40-44-81)37-31-17-11-5)59-67-95(99)97-69-61-91(77-101(97)105)92-62-70-98-96-68-60-90(76-100(96)106(102(98)78-92,73-35-29-25-21-15-9-3)74-36-30-26-22-16-10-4)86-57-65-94(66-58-86)110-104(108)88-53-49-84(50-54-88)82-45-41-80(42-46-82)38-32-18-12-6/h39-70,75-78H,7-38,71-74H2,1-6H3. The first-order chi connectivity index (χ1) is 54.1. The van der Waals surface area contributed by atoms with E-state index in [1.54, 1.807) is 0 Å². The molecule has 0 aromatic heterocycles. The molecule has 10 aromatic carbocycles. The van der Waals surface area contributed by atoms with Crippen LogP contribution in [0.5, 0.6) is 11.5 Å². The highest BCUT2D eigenvalue weighted by Crippen LogP contribution is 2.59. The van der Waals surface area contributed by atoms with Crippen LogP contribution in [0.1, 0.15) is 314 Å². The summed E-state index contributed by atoms with van der Waals surface area (Å²) in [6.07, 6.45) is 44.4. The van der Waals surface area contributed by atoms with Crippen molar-refractivity contribution in [3.05, 3.63) is 263 Å². The molecule has 0 bridgehead atoms. The highest BCUT2D eigenvalue weighted by Gasteiger charge is 2.45. The van der Waals surface area contributed by atoms with Crippen LogP contribution < -0.4 is 9.47 Å². The predicted octanol–water partition coefficient (Wildman–Crippen LogP) is 31.5. The average Bonchev–Trinajstić information content (AvgIpc) is 1.56. The molecule has 0 N–H and O–H groups in total. The second-order valence-corrected chi connectivity index (χ2v) is 32.6. The summed E-state index contributed by atoms with van der Waals surface area (Å²) in [7, 11) is 0. The number of hydrogen-bond donors (Lipinski definition) is 0. The molecule has 0 spiro atoms. The quantitative estimate of drug-likeness (QED) is 0.0217. The van der Waals surface area contributed by atoms with E-state index in [1.807, 2.05) is 72.8 Å². The lowest BCUT2D eigenvalue weighted by Gasteiger charge is -2.34. The molecule has 574 valence electrons. The lowest BCUT2D eigenvalue weighted by atomic mass is 9.69. The van der Waals surface area contributed by atoms with Crippen LogP contribution in [0, 0.1) is 0 Å². The second-order valence-electron chi connectivity index (χ2n) is 32.6. The summed E-state index contributed by atoms with van der Waals surface area (Å²) in [4.78, 5) is 27.5. The zero-order chi connectivity index (χ0) is 76.3. The van der Waals surface area contributed by atoms with Crippen LogP contribution in [0.15, 0.2) is 218 Å². The second kappa shape index (κ2) is 40.9. The minimum absolute atomic E-state index is 0.148. The van der Waals surface area contributed by atoms with E-state index in [4.69, 9.17) is 9.47 Å². The number of benzene rings is 10. The van der Waals surface area contributed by atoms with Gasteiger partial charge in [0.2, 0.25) is 0 Å². The van der Waals surface area contributed by atoms with E-state index < -0.39 is 0 Å². The maximum absolute atomic E-state index is 13.7. The fourth-order valence-corrected chi connectivity index (χ4v) is 18.1. The topological polar surface area (TPSA) is 52.6 Å². The van der Waals surface area contributed by atoms with Gasteiger partial charge in [-0.05, 0) is 235 Å². The average molecular weight is 1460 g/mol. The van der Waals surface area contributed by atoms with E-state index in [0.717, 1.165) is 71.9 Å². The maximum Gasteiger partial charge on any atom is 0.343 e. The zero-order valence-corrected chi connectivity index (χ0v) is 67.9. The Balaban J connectivity index is 0.843. The minimum Gasteiger partial charge on any atom is -0.423 e. The van der Waals surface area contributed by atoms with Crippen molar-refractivity contribution in [1.82, 2.24) is 0 Å². The van der Waals surface area contributed by atoms with Crippen LogP contribution >= 0.6 is 0 Å². The molecular weight excluding hydrogens is 1340 g/mol. The molecule has 12 rings (SSSR count). The molecule has 0 unspecified atom stereocenters. The third kappa shape index (κ3) is 20.3. The van der Waals surface area contributed by atoms with Gasteiger partial charge in [-0.15, -0.1) is 0 Å². The summed E-state index contributed by atoms with van der Waals surface area (Å²) in [5, 5.41) is 0. The van der Waals surface area contributed by atoms with Crippen molar-refractivity contribution in [2.75, 3.05) is 0 Å². The van der Waals surface area contributed by atoms with E-state index in [-0.39, 0.29) is 22.8 Å². The van der Waals surface area contributed by atoms with Gasteiger partial charge in [-0.2, -0.15) is 0 Å². The van der Waals surface area contributed by atoms with E-state index in [2.05, 4.69) is 187 Å². The monoisotopic (exact) mass is 1460 g/mol. The van der Waals surface area contributed by atoms with Gasteiger partial charge in [0.1, 0.15) is 11.5 Å². The van der Waals surface area contributed by atoms with E-state index in [0.29, 0.717) is 22.6 Å². The maximum atomic E-state index is 13.7. The molecular formula is C106H126O4. The molecule has 10 aromatic rings. The smallest absolute Gasteiger partial charge is 0.343 e. The van der Waals surface area contributed by atoms with Crippen molar-refractivity contribution in [1.29, 1.82) is 0 Å². The van der Waals surface area contributed by atoms with Crippen molar-refractivity contribution >= 4 is 11.9 Å². The minimum atomic E-state index is -0.353. The van der Waals surface area contributed by atoms with Crippen LogP contribution in [0.4, 0.5) is 0 Å². The molecule has 0 fully saturated rings. The van der Waals surface area contributed by atoms with Gasteiger partial charge in [-0.1, -0.05) is 367 Å². The highest BCUT2D eigenvalue weighted by atomic mass is 16.5. The summed E-state index contributed by atoms with van der Waals surface area (Å²) in [5.74, 6) is 0.382. The summed E-state index contributed by atoms with van der Waals surface area (Å²) >= 11 is 0. The predicted molar refractivity (Wildman–Crippen MR) is 467 cm³/mol. The number of esters is 2. The molecule has 0 aliphatic heterocycles. The first-order valence-corrected chi connectivity index (χ1v) is 43.7. The Morgan fingerprint density at radius 2 is 0.436 bits per heavy atom. The summed E-state index contributed by atoms with van der Waals surface area (Å²) in [6.45, 7) is 13.8. The SMILES string of the molecule is CCCCCCCCC1(CCCCCCCC)c2cc(-c3ccc(OC(=O)c4ccc(-c5ccc(CCCCC)cc5)cc4)cc3)ccc2-c2ccc(-c3ccc4c(c3)C(CCCCCCCC)(CCCCCCCC)c3cc(-c5ccc(OC(=O)c6ccc(-c7ccc(CCCCC)cc7)cc6)cc5)ccc3-4)cc21. The Kier molecular flexibility index (Phi) is 30.0. The van der Waals surface area contributed by atoms with E-state index in [9.17, 15) is 9.59 Å². The molecule has 0 saturated carbocycles. The Morgan fingerprint density at radius 3 is 0.709 bits per heavy atom. The lowest BCUT2D eigenvalue weighted by molar-refractivity contribution is 0.0725. The summed E-state index contributed by atoms with van der Waals surface area (Å²) in [5.41, 5.74) is 26.8. The van der Waals surface area contributed by atoms with Crippen LogP contribution in [0.3, 0.4) is 0 Å². The van der Waals surface area contributed by atoms with Gasteiger partial charge < -0.3 is 9.47 Å². The van der Waals surface area contributed by atoms with Crippen LogP contribution in [0.25, 0.3) is 77.9 Å². The number of hydrogen-bond acceptors (Lipinski definition) is 4. The Bertz CT molecular complexity index is 4190. The molecule has 4 nitrogen and oxygen atoms in total. The van der Waals surface area contributed by atoms with Crippen molar-refractivity contribution < 1.29 is 19.1 Å². The third-order valence-electron chi connectivity index (χ3n) is 24.6. The number of unbranched alkanes of at least 4 members (excludes halogenated alkanes) is 24. The number of ether oxygens (including phenoxy) is 2. The number of aryl methyl sites for hydroxylation is 2. The summed E-state index contributed by atoms with van der Waals surface area (Å²) in [6, 6.07) is 79.8. The number of carbonyl (C=O) groups is 2. The normalized spacial score (nSPS) is 12.9. The van der Waals surface area contributed by atoms with Crippen LogP contribution in [-0.2, 0) is 23.7 Å². The van der Waals surface area contributed by atoms with Gasteiger partial charge in [-0.3, -0.25) is 0 Å². The van der Waals surface area contributed by atoms with Crippen LogP contribution in [-0.4, -0.2) is 11.9 Å².